The highest BCUT2D eigenvalue weighted by Crippen LogP contribution is 2.37. The second kappa shape index (κ2) is 8.53. The van der Waals surface area contributed by atoms with Crippen molar-refractivity contribution in [1.29, 1.82) is 0 Å². The van der Waals surface area contributed by atoms with Crippen LogP contribution in [0, 0.1) is 11.8 Å². The quantitative estimate of drug-likeness (QED) is 0.578. The van der Waals surface area contributed by atoms with E-state index >= 15 is 0 Å². The number of anilines is 1. The van der Waals surface area contributed by atoms with E-state index in [1.54, 1.807) is 17.2 Å². The number of rotatable bonds is 5. The predicted octanol–water partition coefficient (Wildman–Crippen LogP) is 4.99. The molecule has 2 amide bonds. The molecule has 1 saturated carbocycles. The number of nitrogens with one attached hydrogen (secondary N) is 1. The van der Waals surface area contributed by atoms with Crippen LogP contribution in [0.4, 0.5) is 5.69 Å². The maximum absolute atomic E-state index is 14.0. The van der Waals surface area contributed by atoms with E-state index in [1.165, 1.54) is 6.42 Å². The van der Waals surface area contributed by atoms with Gasteiger partial charge in [0.15, 0.2) is 5.58 Å². The highest BCUT2D eigenvalue weighted by Gasteiger charge is 2.49. The highest BCUT2D eigenvalue weighted by atomic mass is 16.5. The second-order valence-electron chi connectivity index (χ2n) is 9.97. The van der Waals surface area contributed by atoms with Crippen molar-refractivity contribution < 1.29 is 18.7 Å². The molecule has 0 saturated heterocycles. The van der Waals surface area contributed by atoms with Crippen LogP contribution in [0.1, 0.15) is 57.4 Å². The Morgan fingerprint density at radius 2 is 1.97 bits per heavy atom. The molecule has 4 atom stereocenters. The molecule has 5 rings (SSSR count). The summed E-state index contributed by atoms with van der Waals surface area (Å²) < 4.78 is 13.1. The smallest absolute Gasteiger partial charge is 0.276 e. The van der Waals surface area contributed by atoms with Crippen molar-refractivity contribution in [2.45, 2.75) is 65.1 Å². The first kappa shape index (κ1) is 22.6. The summed E-state index contributed by atoms with van der Waals surface area (Å²) in [6.45, 7) is 9.16. The van der Waals surface area contributed by atoms with Gasteiger partial charge in [0.25, 0.3) is 5.91 Å². The Bertz CT molecular complexity index is 1210. The Morgan fingerprint density at radius 1 is 1.21 bits per heavy atom. The van der Waals surface area contributed by atoms with Gasteiger partial charge < -0.3 is 19.0 Å². The van der Waals surface area contributed by atoms with Gasteiger partial charge in [0.1, 0.15) is 17.0 Å². The van der Waals surface area contributed by atoms with Gasteiger partial charge >= 0.3 is 0 Å². The predicted molar refractivity (Wildman–Crippen MR) is 131 cm³/mol. The standard InChI is InChI=1S/C27H33N3O4/c1-5-33-20-11-9-19(10-12-20)30-25(31)23-15-24-22(13-14-34-24)29(23)16-27(30,4)26(32)28-21-8-6-7-17(2)18(21)3/h9-15,17-18,21H,5-8,16H2,1-4H3,(H,28,32)/t17-,18-,21-,27-/m1/s1. The summed E-state index contributed by atoms with van der Waals surface area (Å²) in [5.74, 6) is 1.33. The van der Waals surface area contributed by atoms with Crippen LogP contribution < -0.4 is 15.0 Å². The molecule has 180 valence electrons. The first-order valence-electron chi connectivity index (χ1n) is 12.3. The lowest BCUT2D eigenvalue weighted by atomic mass is 9.77. The Morgan fingerprint density at radius 3 is 2.71 bits per heavy atom. The van der Waals surface area contributed by atoms with Crippen molar-refractivity contribution in [3.63, 3.8) is 0 Å². The zero-order valence-corrected chi connectivity index (χ0v) is 20.3. The molecule has 3 aromatic rings. The molecule has 2 aliphatic rings. The van der Waals surface area contributed by atoms with E-state index in [0.29, 0.717) is 42.0 Å². The fourth-order valence-corrected chi connectivity index (χ4v) is 5.59. The Labute approximate surface area is 200 Å². The minimum absolute atomic E-state index is 0.102. The third kappa shape index (κ3) is 3.58. The van der Waals surface area contributed by atoms with E-state index in [0.717, 1.165) is 24.1 Å². The molecule has 1 aromatic carbocycles. The third-order valence-electron chi connectivity index (χ3n) is 7.82. The van der Waals surface area contributed by atoms with Crippen molar-refractivity contribution in [2.24, 2.45) is 11.8 Å². The molecule has 1 fully saturated rings. The fraction of sp³-hybridized carbons (Fsp3) is 0.481. The van der Waals surface area contributed by atoms with Gasteiger partial charge in [-0.2, -0.15) is 0 Å². The second-order valence-corrected chi connectivity index (χ2v) is 9.97. The first-order valence-corrected chi connectivity index (χ1v) is 12.3. The molecule has 34 heavy (non-hydrogen) atoms. The zero-order valence-electron chi connectivity index (χ0n) is 20.3. The van der Waals surface area contributed by atoms with Crippen LogP contribution in [-0.2, 0) is 11.3 Å². The number of hydrogen-bond donors (Lipinski definition) is 1. The van der Waals surface area contributed by atoms with E-state index in [1.807, 2.05) is 48.7 Å². The molecule has 0 spiro atoms. The van der Waals surface area contributed by atoms with Gasteiger partial charge in [-0.3, -0.25) is 14.5 Å². The van der Waals surface area contributed by atoms with Crippen LogP contribution >= 0.6 is 0 Å². The number of aromatic nitrogens is 1. The number of hydrogen-bond acceptors (Lipinski definition) is 4. The lowest BCUT2D eigenvalue weighted by molar-refractivity contribution is -0.128. The summed E-state index contributed by atoms with van der Waals surface area (Å²) in [4.78, 5) is 29.5. The molecule has 0 unspecified atom stereocenters. The number of furan rings is 1. The monoisotopic (exact) mass is 463 g/mol. The zero-order chi connectivity index (χ0) is 24.0. The maximum Gasteiger partial charge on any atom is 0.276 e. The molecule has 2 aromatic heterocycles. The minimum atomic E-state index is -1.11. The number of benzene rings is 1. The van der Waals surface area contributed by atoms with Crippen molar-refractivity contribution in [1.82, 2.24) is 9.88 Å². The molecule has 7 heteroatoms. The van der Waals surface area contributed by atoms with E-state index in [4.69, 9.17) is 9.15 Å². The van der Waals surface area contributed by atoms with Gasteiger partial charge in [0, 0.05) is 23.9 Å². The fourth-order valence-electron chi connectivity index (χ4n) is 5.59. The summed E-state index contributed by atoms with van der Waals surface area (Å²) in [7, 11) is 0. The largest absolute Gasteiger partial charge is 0.494 e. The van der Waals surface area contributed by atoms with Gasteiger partial charge in [-0.25, -0.2) is 0 Å². The number of nitrogens with zero attached hydrogens (tertiary/aromatic N) is 2. The van der Waals surface area contributed by atoms with Gasteiger partial charge in [-0.1, -0.05) is 26.7 Å². The van der Waals surface area contributed by atoms with Crippen molar-refractivity contribution in [2.75, 3.05) is 11.5 Å². The molecule has 1 N–H and O–H groups in total. The number of ether oxygens (including phenoxy) is 1. The normalized spacial score (nSPS) is 27.0. The van der Waals surface area contributed by atoms with Crippen LogP contribution in [0.5, 0.6) is 5.75 Å². The summed E-state index contributed by atoms with van der Waals surface area (Å²) >= 11 is 0. The number of amides is 2. The summed E-state index contributed by atoms with van der Waals surface area (Å²) in [6.07, 6.45) is 4.87. The molecular weight excluding hydrogens is 430 g/mol. The Kier molecular flexibility index (Phi) is 5.66. The van der Waals surface area contributed by atoms with Crippen molar-refractivity contribution >= 4 is 28.6 Å². The summed E-state index contributed by atoms with van der Waals surface area (Å²) in [5.41, 5.74) is 1.55. The molecule has 1 aliphatic heterocycles. The van der Waals surface area contributed by atoms with E-state index in [2.05, 4.69) is 19.2 Å². The van der Waals surface area contributed by atoms with E-state index in [-0.39, 0.29) is 17.9 Å². The summed E-state index contributed by atoms with van der Waals surface area (Å²) in [5, 5.41) is 3.33. The Hall–Kier alpha value is -3.22. The average molecular weight is 464 g/mol. The van der Waals surface area contributed by atoms with Crippen LogP contribution in [0.2, 0.25) is 0 Å². The average Bonchev–Trinajstić information content (AvgIpc) is 3.41. The molecular formula is C27H33N3O4. The van der Waals surface area contributed by atoms with E-state index in [9.17, 15) is 9.59 Å². The molecule has 7 nitrogen and oxygen atoms in total. The van der Waals surface area contributed by atoms with Crippen molar-refractivity contribution in [3.05, 3.63) is 48.4 Å². The number of carbonyl (C=O) groups excluding carboxylic acids is 2. The lowest BCUT2D eigenvalue weighted by Gasteiger charge is -2.45. The van der Waals surface area contributed by atoms with Gasteiger partial charge in [0.2, 0.25) is 5.91 Å². The van der Waals surface area contributed by atoms with Gasteiger partial charge in [-0.05, 0) is 56.4 Å². The first-order chi connectivity index (χ1) is 16.3. The third-order valence-corrected chi connectivity index (χ3v) is 7.82. The molecule has 0 bridgehead atoms. The lowest BCUT2D eigenvalue weighted by Crippen LogP contribution is -2.66. The van der Waals surface area contributed by atoms with Gasteiger partial charge in [-0.15, -0.1) is 0 Å². The number of fused-ring (bicyclic) bond motifs is 3. The van der Waals surface area contributed by atoms with Crippen LogP contribution in [0.15, 0.2) is 47.1 Å². The van der Waals surface area contributed by atoms with Crippen LogP contribution in [0.3, 0.4) is 0 Å². The molecule has 0 radical (unpaired) electrons. The molecule has 1 aliphatic carbocycles. The number of carbonyl (C=O) groups is 2. The summed E-state index contributed by atoms with van der Waals surface area (Å²) in [6, 6.07) is 11.1. The maximum atomic E-state index is 14.0. The Balaban J connectivity index is 1.55. The molecule has 3 heterocycles. The van der Waals surface area contributed by atoms with E-state index < -0.39 is 5.54 Å². The highest BCUT2D eigenvalue weighted by molar-refractivity contribution is 6.13. The SMILES string of the molecule is CCOc1ccc(N2C(=O)c3cc4occc4n3C[C@]2(C)C(=O)N[C@@H]2CCC[C@@H](C)[C@H]2C)cc1. The van der Waals surface area contributed by atoms with Crippen LogP contribution in [0.25, 0.3) is 11.1 Å². The minimum Gasteiger partial charge on any atom is -0.494 e. The van der Waals surface area contributed by atoms with Gasteiger partial charge in [0.05, 0.1) is 24.9 Å². The topological polar surface area (TPSA) is 76.7 Å². The van der Waals surface area contributed by atoms with Crippen LogP contribution in [-0.4, -0.2) is 34.6 Å². The van der Waals surface area contributed by atoms with Crippen molar-refractivity contribution in [3.8, 4) is 5.75 Å².